The van der Waals surface area contributed by atoms with E-state index in [0.717, 1.165) is 13.0 Å². The van der Waals surface area contributed by atoms with Crippen molar-refractivity contribution in [1.29, 1.82) is 0 Å². The molecule has 2 rings (SSSR count). The number of hydrogen-bond acceptors (Lipinski definition) is 3. The van der Waals surface area contributed by atoms with E-state index in [1.807, 2.05) is 18.5 Å². The quantitative estimate of drug-likeness (QED) is 0.757. The van der Waals surface area contributed by atoms with Gasteiger partial charge in [-0.1, -0.05) is 6.07 Å². The zero-order valence-electron chi connectivity index (χ0n) is 8.61. The fourth-order valence-corrected chi connectivity index (χ4v) is 2.39. The topological polar surface area (TPSA) is 42.1 Å². The van der Waals surface area contributed by atoms with Crippen molar-refractivity contribution in [3.63, 3.8) is 0 Å². The second kappa shape index (κ2) is 3.67. The van der Waals surface area contributed by atoms with Crippen molar-refractivity contribution >= 4 is 0 Å². The third-order valence-electron chi connectivity index (χ3n) is 3.35. The second-order valence-electron chi connectivity index (χ2n) is 4.00. The molecule has 1 aromatic rings. The molecule has 1 aliphatic rings. The van der Waals surface area contributed by atoms with Gasteiger partial charge in [0, 0.05) is 18.9 Å². The first kappa shape index (κ1) is 9.62. The standard InChI is InChI=1S/C11H17N3/c1-14-7-3-5-11(14,9-12)10-4-2-6-13-8-10/h2,4,6,8H,3,5,7,9,12H2,1H3. The third-order valence-corrected chi connectivity index (χ3v) is 3.35. The normalized spacial score (nSPS) is 28.1. The van der Waals surface area contributed by atoms with Crippen molar-refractivity contribution in [2.75, 3.05) is 20.1 Å². The van der Waals surface area contributed by atoms with Crippen LogP contribution in [0.1, 0.15) is 18.4 Å². The summed E-state index contributed by atoms with van der Waals surface area (Å²) >= 11 is 0. The van der Waals surface area contributed by atoms with Crippen LogP contribution in [-0.2, 0) is 5.54 Å². The molecule has 0 amide bonds. The highest BCUT2D eigenvalue weighted by atomic mass is 15.2. The minimum Gasteiger partial charge on any atom is -0.328 e. The van der Waals surface area contributed by atoms with Gasteiger partial charge in [-0.15, -0.1) is 0 Å². The van der Waals surface area contributed by atoms with E-state index >= 15 is 0 Å². The molecule has 1 aromatic heterocycles. The molecule has 1 unspecified atom stereocenters. The Morgan fingerprint density at radius 3 is 3.00 bits per heavy atom. The van der Waals surface area contributed by atoms with Crippen LogP contribution in [0.2, 0.25) is 0 Å². The maximum Gasteiger partial charge on any atom is 0.0596 e. The predicted octanol–water partition coefficient (Wildman–Crippen LogP) is 0.961. The van der Waals surface area contributed by atoms with Gasteiger partial charge in [0.25, 0.3) is 0 Å². The molecule has 0 aliphatic carbocycles. The van der Waals surface area contributed by atoms with Gasteiger partial charge in [0.2, 0.25) is 0 Å². The molecule has 0 radical (unpaired) electrons. The van der Waals surface area contributed by atoms with Gasteiger partial charge in [0.1, 0.15) is 0 Å². The van der Waals surface area contributed by atoms with Crippen LogP contribution in [0, 0.1) is 0 Å². The fourth-order valence-electron chi connectivity index (χ4n) is 2.39. The molecule has 1 saturated heterocycles. The van der Waals surface area contributed by atoms with Crippen LogP contribution in [0.5, 0.6) is 0 Å². The highest BCUT2D eigenvalue weighted by molar-refractivity contribution is 5.23. The van der Waals surface area contributed by atoms with Crippen LogP contribution in [-0.4, -0.2) is 30.0 Å². The maximum atomic E-state index is 5.92. The average Bonchev–Trinajstić information content (AvgIpc) is 2.62. The van der Waals surface area contributed by atoms with Crippen molar-refractivity contribution in [2.24, 2.45) is 5.73 Å². The highest BCUT2D eigenvalue weighted by Gasteiger charge is 2.38. The van der Waals surface area contributed by atoms with Crippen LogP contribution < -0.4 is 5.73 Å². The lowest BCUT2D eigenvalue weighted by Gasteiger charge is -2.35. The van der Waals surface area contributed by atoms with Crippen LogP contribution in [0.25, 0.3) is 0 Å². The van der Waals surface area contributed by atoms with Crippen LogP contribution in [0.15, 0.2) is 24.5 Å². The Labute approximate surface area is 84.9 Å². The third kappa shape index (κ3) is 1.33. The van der Waals surface area contributed by atoms with Gasteiger partial charge in [0.15, 0.2) is 0 Å². The molecule has 1 fully saturated rings. The molecule has 1 aliphatic heterocycles. The highest BCUT2D eigenvalue weighted by Crippen LogP contribution is 2.36. The lowest BCUT2D eigenvalue weighted by atomic mass is 9.89. The first-order valence-corrected chi connectivity index (χ1v) is 5.11. The minimum atomic E-state index is 0.0360. The molecule has 3 nitrogen and oxygen atoms in total. The van der Waals surface area contributed by atoms with E-state index in [1.54, 1.807) is 0 Å². The number of likely N-dealkylation sites (N-methyl/N-ethyl adjacent to an activating group) is 1. The largest absolute Gasteiger partial charge is 0.328 e. The van der Waals surface area contributed by atoms with Crippen LogP contribution >= 0.6 is 0 Å². The van der Waals surface area contributed by atoms with E-state index in [2.05, 4.69) is 23.0 Å². The SMILES string of the molecule is CN1CCCC1(CN)c1cccnc1. The molecule has 3 heteroatoms. The van der Waals surface area contributed by atoms with Gasteiger partial charge in [-0.2, -0.15) is 0 Å². The van der Waals surface area contributed by atoms with Gasteiger partial charge in [-0.25, -0.2) is 0 Å². The smallest absolute Gasteiger partial charge is 0.0596 e. The van der Waals surface area contributed by atoms with E-state index in [4.69, 9.17) is 5.73 Å². The summed E-state index contributed by atoms with van der Waals surface area (Å²) in [5, 5.41) is 0. The Morgan fingerprint density at radius 1 is 1.64 bits per heavy atom. The lowest BCUT2D eigenvalue weighted by molar-refractivity contribution is 0.182. The van der Waals surface area contributed by atoms with E-state index in [9.17, 15) is 0 Å². The number of pyridine rings is 1. The van der Waals surface area contributed by atoms with Crippen molar-refractivity contribution in [3.8, 4) is 0 Å². The molecule has 0 bridgehead atoms. The van der Waals surface area contributed by atoms with E-state index < -0.39 is 0 Å². The summed E-state index contributed by atoms with van der Waals surface area (Å²) < 4.78 is 0. The first-order valence-electron chi connectivity index (χ1n) is 5.11. The number of likely N-dealkylation sites (tertiary alicyclic amines) is 1. The molecule has 2 N–H and O–H groups in total. The monoisotopic (exact) mass is 191 g/mol. The van der Waals surface area contributed by atoms with Crippen LogP contribution in [0.3, 0.4) is 0 Å². The molecule has 0 saturated carbocycles. The molecule has 1 atom stereocenters. The van der Waals surface area contributed by atoms with Crippen LogP contribution in [0.4, 0.5) is 0 Å². The van der Waals surface area contributed by atoms with E-state index in [-0.39, 0.29) is 5.54 Å². The molecule has 0 spiro atoms. The summed E-state index contributed by atoms with van der Waals surface area (Å²) in [5.41, 5.74) is 7.21. The van der Waals surface area contributed by atoms with Gasteiger partial charge in [-0.05, 0) is 38.1 Å². The van der Waals surface area contributed by atoms with Crippen molar-refractivity contribution in [2.45, 2.75) is 18.4 Å². The van der Waals surface area contributed by atoms with Crippen molar-refractivity contribution < 1.29 is 0 Å². The van der Waals surface area contributed by atoms with Crippen molar-refractivity contribution in [1.82, 2.24) is 9.88 Å². The Hall–Kier alpha value is -0.930. The van der Waals surface area contributed by atoms with Gasteiger partial charge < -0.3 is 5.73 Å². The number of aromatic nitrogens is 1. The molecule has 0 aromatic carbocycles. The Balaban J connectivity index is 2.38. The summed E-state index contributed by atoms with van der Waals surface area (Å²) in [5.74, 6) is 0. The number of nitrogens with zero attached hydrogens (tertiary/aromatic N) is 2. The summed E-state index contributed by atoms with van der Waals surface area (Å²) in [6, 6.07) is 4.11. The van der Waals surface area contributed by atoms with E-state index in [1.165, 1.54) is 12.0 Å². The summed E-state index contributed by atoms with van der Waals surface area (Å²) in [7, 11) is 2.15. The molecule has 76 valence electrons. The minimum absolute atomic E-state index is 0.0360. The molecular weight excluding hydrogens is 174 g/mol. The summed E-state index contributed by atoms with van der Waals surface area (Å²) in [4.78, 5) is 6.53. The van der Waals surface area contributed by atoms with Crippen molar-refractivity contribution in [3.05, 3.63) is 30.1 Å². The summed E-state index contributed by atoms with van der Waals surface area (Å²) in [6.07, 6.45) is 6.12. The van der Waals surface area contributed by atoms with E-state index in [0.29, 0.717) is 6.54 Å². The molecule has 14 heavy (non-hydrogen) atoms. The molecular formula is C11H17N3. The zero-order valence-corrected chi connectivity index (χ0v) is 8.61. The lowest BCUT2D eigenvalue weighted by Crippen LogP contribution is -2.44. The Morgan fingerprint density at radius 2 is 2.50 bits per heavy atom. The Bertz CT molecular complexity index is 299. The second-order valence-corrected chi connectivity index (χ2v) is 4.00. The first-order chi connectivity index (χ1) is 6.79. The van der Waals surface area contributed by atoms with Gasteiger partial charge >= 0.3 is 0 Å². The summed E-state index contributed by atoms with van der Waals surface area (Å²) in [6.45, 7) is 1.81. The van der Waals surface area contributed by atoms with Gasteiger partial charge in [0.05, 0.1) is 5.54 Å². The average molecular weight is 191 g/mol. The zero-order chi connectivity index (χ0) is 10.0. The number of nitrogens with two attached hydrogens (primary N) is 1. The molecule has 2 heterocycles. The van der Waals surface area contributed by atoms with Gasteiger partial charge in [-0.3, -0.25) is 9.88 Å². The maximum absolute atomic E-state index is 5.92. The number of hydrogen-bond donors (Lipinski definition) is 1. The fraction of sp³-hybridized carbons (Fsp3) is 0.545. The predicted molar refractivity (Wildman–Crippen MR) is 56.8 cm³/mol. The number of rotatable bonds is 2. The Kier molecular flexibility index (Phi) is 2.52.